The third kappa shape index (κ3) is 5.39. The van der Waals surface area contributed by atoms with Gasteiger partial charge in [0, 0.05) is 0 Å². The van der Waals surface area contributed by atoms with E-state index in [1.54, 1.807) is 17.0 Å². The summed E-state index contributed by atoms with van der Waals surface area (Å²) in [7, 11) is 1.31. The van der Waals surface area contributed by atoms with Crippen molar-refractivity contribution in [3.05, 3.63) is 29.8 Å². The summed E-state index contributed by atoms with van der Waals surface area (Å²) in [5.74, 6) is 0.279. The van der Waals surface area contributed by atoms with Gasteiger partial charge < -0.3 is 31.0 Å². The Morgan fingerprint density at radius 1 is 1.33 bits per heavy atom. The minimum absolute atomic E-state index is 0.0103. The number of nitrogens with two attached hydrogens (primary N) is 2. The molecule has 3 atom stereocenters. The van der Waals surface area contributed by atoms with E-state index in [0.717, 1.165) is 31.5 Å². The predicted octanol–water partition coefficient (Wildman–Crippen LogP) is 1.01. The minimum atomic E-state index is -0.839. The first-order valence-corrected chi connectivity index (χ1v) is 11.4. The lowest BCUT2D eigenvalue weighted by atomic mass is 9.74. The Hall–Kier alpha value is -2.85. The van der Waals surface area contributed by atoms with Gasteiger partial charge in [-0.3, -0.25) is 15.1 Å². The van der Waals surface area contributed by atoms with Gasteiger partial charge in [-0.05, 0) is 62.4 Å². The number of hydrogen-bond donors (Lipinski definition) is 4. The van der Waals surface area contributed by atoms with Crippen molar-refractivity contribution in [1.82, 2.24) is 10.2 Å². The Labute approximate surface area is 194 Å². The van der Waals surface area contributed by atoms with Crippen LogP contribution in [0.1, 0.15) is 31.7 Å². The van der Waals surface area contributed by atoms with Gasteiger partial charge in [0.1, 0.15) is 29.8 Å². The molecule has 33 heavy (non-hydrogen) atoms. The van der Waals surface area contributed by atoms with Crippen LogP contribution >= 0.6 is 0 Å². The molecule has 0 radical (unpaired) electrons. The summed E-state index contributed by atoms with van der Waals surface area (Å²) in [6, 6.07) is 6.52. The van der Waals surface area contributed by atoms with Crippen molar-refractivity contribution < 1.29 is 23.8 Å². The maximum atomic E-state index is 12.8. The molecule has 2 fully saturated rings. The lowest BCUT2D eigenvalue weighted by Crippen LogP contribution is -2.63. The standard InChI is InChI=1S/C23H35N5O5/c1-3-23(21(25)26,16-8-10-27-11-9-16)28-13-18(33-22(28)30)14-32-17-6-4-15(5-7-17)12-19(24)20(29)31-2/h4-7,16,18-19,27H,3,8-14,24H2,1-2H3,(H3,25,26). The molecule has 6 N–H and O–H groups in total. The number of cyclic esters (lactones) is 1. The second kappa shape index (κ2) is 10.8. The first-order valence-electron chi connectivity index (χ1n) is 11.4. The fourth-order valence-electron chi connectivity index (χ4n) is 4.89. The first kappa shape index (κ1) is 24.8. The van der Waals surface area contributed by atoms with E-state index in [-0.39, 0.29) is 18.4 Å². The molecule has 1 amide bonds. The maximum absolute atomic E-state index is 12.8. The molecule has 182 valence electrons. The molecule has 10 nitrogen and oxygen atoms in total. The summed E-state index contributed by atoms with van der Waals surface area (Å²) < 4.78 is 16.1. The molecule has 0 bridgehead atoms. The summed E-state index contributed by atoms with van der Waals surface area (Å²) in [4.78, 5) is 25.9. The molecule has 2 aliphatic heterocycles. The number of nitrogens with zero attached hydrogens (tertiary/aromatic N) is 1. The minimum Gasteiger partial charge on any atom is -0.490 e. The lowest BCUT2D eigenvalue weighted by Gasteiger charge is -2.46. The second-order valence-electron chi connectivity index (χ2n) is 8.62. The van der Waals surface area contributed by atoms with Gasteiger partial charge in [0.15, 0.2) is 6.10 Å². The highest BCUT2D eigenvalue weighted by atomic mass is 16.6. The molecule has 0 aromatic heterocycles. The number of rotatable bonds is 10. The average Bonchev–Trinajstić information content (AvgIpc) is 3.20. The quantitative estimate of drug-likeness (QED) is 0.229. The van der Waals surface area contributed by atoms with Crippen LogP contribution in [0.5, 0.6) is 5.75 Å². The smallest absolute Gasteiger partial charge is 0.411 e. The number of benzene rings is 1. The number of methoxy groups -OCH3 is 1. The van der Waals surface area contributed by atoms with Crippen molar-refractivity contribution in [2.45, 2.75) is 50.3 Å². The Bertz CT molecular complexity index is 842. The molecule has 2 saturated heterocycles. The van der Waals surface area contributed by atoms with Gasteiger partial charge in [0.05, 0.1) is 13.7 Å². The van der Waals surface area contributed by atoms with Crippen LogP contribution in [0.4, 0.5) is 4.79 Å². The lowest BCUT2D eigenvalue weighted by molar-refractivity contribution is -0.142. The number of esters is 1. The van der Waals surface area contributed by atoms with Crippen LogP contribution < -0.4 is 21.5 Å². The molecule has 0 spiro atoms. The van der Waals surface area contributed by atoms with Gasteiger partial charge in [-0.1, -0.05) is 19.1 Å². The van der Waals surface area contributed by atoms with E-state index < -0.39 is 29.7 Å². The molecule has 1 aromatic carbocycles. The number of carbonyl (C=O) groups excluding carboxylic acids is 2. The van der Waals surface area contributed by atoms with E-state index in [1.807, 2.05) is 19.1 Å². The van der Waals surface area contributed by atoms with Crippen LogP contribution in [0, 0.1) is 11.3 Å². The molecular formula is C23H35N5O5. The summed E-state index contributed by atoms with van der Waals surface area (Å²) in [5.41, 5.74) is 11.9. The molecular weight excluding hydrogens is 426 g/mol. The molecule has 10 heteroatoms. The third-order valence-corrected chi connectivity index (χ3v) is 6.69. The van der Waals surface area contributed by atoms with Crippen LogP contribution in [0.25, 0.3) is 0 Å². The molecule has 1 aromatic rings. The Morgan fingerprint density at radius 2 is 2.00 bits per heavy atom. The van der Waals surface area contributed by atoms with Crippen molar-refractivity contribution in [1.29, 1.82) is 5.41 Å². The maximum Gasteiger partial charge on any atom is 0.411 e. The fraction of sp³-hybridized carbons (Fsp3) is 0.609. The highest BCUT2D eigenvalue weighted by Crippen LogP contribution is 2.37. The van der Waals surface area contributed by atoms with Crippen molar-refractivity contribution in [3.63, 3.8) is 0 Å². The zero-order chi connectivity index (χ0) is 24.0. The van der Waals surface area contributed by atoms with Gasteiger partial charge in [0.25, 0.3) is 0 Å². The third-order valence-electron chi connectivity index (χ3n) is 6.69. The molecule has 2 heterocycles. The first-order chi connectivity index (χ1) is 15.8. The van der Waals surface area contributed by atoms with Crippen LogP contribution in [-0.2, 0) is 20.7 Å². The molecule has 0 aliphatic carbocycles. The number of amides is 1. The van der Waals surface area contributed by atoms with Crippen molar-refractivity contribution in [2.24, 2.45) is 17.4 Å². The van der Waals surface area contributed by atoms with E-state index in [0.29, 0.717) is 25.1 Å². The SMILES string of the molecule is CCC(C(=N)N)(C1CCNCC1)N1CC(COc2ccc(CC(N)C(=O)OC)cc2)OC1=O. The normalized spacial score (nSPS) is 21.7. The Kier molecular flexibility index (Phi) is 8.15. The van der Waals surface area contributed by atoms with E-state index >= 15 is 0 Å². The number of carbonyl (C=O) groups is 2. The van der Waals surface area contributed by atoms with E-state index in [1.165, 1.54) is 7.11 Å². The number of hydrogen-bond acceptors (Lipinski definition) is 8. The average molecular weight is 462 g/mol. The van der Waals surface area contributed by atoms with Crippen LogP contribution in [0.2, 0.25) is 0 Å². The van der Waals surface area contributed by atoms with Gasteiger partial charge in [-0.15, -0.1) is 0 Å². The van der Waals surface area contributed by atoms with E-state index in [4.69, 9.17) is 26.4 Å². The van der Waals surface area contributed by atoms with E-state index in [9.17, 15) is 9.59 Å². The monoisotopic (exact) mass is 461 g/mol. The number of amidine groups is 1. The van der Waals surface area contributed by atoms with Gasteiger partial charge in [-0.25, -0.2) is 4.79 Å². The summed E-state index contributed by atoms with van der Waals surface area (Å²) in [6.07, 6.45) is 1.71. The largest absolute Gasteiger partial charge is 0.490 e. The Balaban J connectivity index is 1.61. The van der Waals surface area contributed by atoms with Gasteiger partial charge in [0.2, 0.25) is 0 Å². The number of nitrogens with one attached hydrogen (secondary N) is 2. The van der Waals surface area contributed by atoms with Crippen LogP contribution in [-0.4, -0.2) is 73.8 Å². The molecule has 2 aliphatic rings. The van der Waals surface area contributed by atoms with Crippen molar-refractivity contribution >= 4 is 17.9 Å². The Morgan fingerprint density at radius 3 is 2.58 bits per heavy atom. The van der Waals surface area contributed by atoms with Crippen molar-refractivity contribution in [3.8, 4) is 5.75 Å². The zero-order valence-electron chi connectivity index (χ0n) is 19.3. The van der Waals surface area contributed by atoms with Gasteiger partial charge in [-0.2, -0.15) is 0 Å². The fourth-order valence-corrected chi connectivity index (χ4v) is 4.89. The summed E-state index contributed by atoms with van der Waals surface area (Å²) in [6.45, 7) is 4.16. The van der Waals surface area contributed by atoms with Crippen LogP contribution in [0.15, 0.2) is 24.3 Å². The summed E-state index contributed by atoms with van der Waals surface area (Å²) >= 11 is 0. The van der Waals surface area contributed by atoms with Crippen LogP contribution in [0.3, 0.4) is 0 Å². The highest BCUT2D eigenvalue weighted by Gasteiger charge is 2.52. The predicted molar refractivity (Wildman–Crippen MR) is 123 cm³/mol. The van der Waals surface area contributed by atoms with Crippen molar-refractivity contribution in [2.75, 3.05) is 33.4 Å². The molecule has 3 unspecified atom stereocenters. The number of ether oxygens (including phenoxy) is 3. The van der Waals surface area contributed by atoms with E-state index in [2.05, 4.69) is 10.1 Å². The topological polar surface area (TPSA) is 153 Å². The number of piperidine rings is 1. The second-order valence-corrected chi connectivity index (χ2v) is 8.62. The summed E-state index contributed by atoms with van der Waals surface area (Å²) in [5, 5.41) is 11.7. The highest BCUT2D eigenvalue weighted by molar-refractivity contribution is 5.91. The molecule has 0 saturated carbocycles. The zero-order valence-corrected chi connectivity index (χ0v) is 19.3. The van der Waals surface area contributed by atoms with Gasteiger partial charge >= 0.3 is 12.1 Å². The molecule has 3 rings (SSSR count).